The summed E-state index contributed by atoms with van der Waals surface area (Å²) in [4.78, 5) is 27.2. The second kappa shape index (κ2) is 5.88. The number of amides is 1. The van der Waals surface area contributed by atoms with Crippen molar-refractivity contribution in [3.8, 4) is 0 Å². The highest BCUT2D eigenvalue weighted by molar-refractivity contribution is 5.79. The fraction of sp³-hybridized carbons (Fsp3) is 0.846. The molecule has 6 nitrogen and oxygen atoms in total. The lowest BCUT2D eigenvalue weighted by molar-refractivity contribution is -0.149. The third-order valence-corrected chi connectivity index (χ3v) is 4.29. The molecule has 6 heteroatoms. The predicted octanol–water partition coefficient (Wildman–Crippen LogP) is 0.0319. The van der Waals surface area contributed by atoms with E-state index in [9.17, 15) is 14.7 Å². The Kier molecular flexibility index (Phi) is 4.42. The van der Waals surface area contributed by atoms with Crippen molar-refractivity contribution in [2.24, 2.45) is 5.41 Å². The molecule has 0 spiro atoms. The van der Waals surface area contributed by atoms with Crippen LogP contribution in [0.5, 0.6) is 0 Å². The standard InChI is InChI=1S/C13H22N2O4/c1-2-13(12(17)18)3-4-14(10-13)9-11(16)15-5-7-19-8-6-15/h2-10H2,1H3,(H,17,18). The first-order valence-corrected chi connectivity index (χ1v) is 6.89. The molecule has 0 saturated carbocycles. The third kappa shape index (κ3) is 3.06. The van der Waals surface area contributed by atoms with Gasteiger partial charge < -0.3 is 14.7 Å². The molecule has 2 rings (SSSR count). The first kappa shape index (κ1) is 14.3. The van der Waals surface area contributed by atoms with E-state index < -0.39 is 11.4 Å². The molecule has 2 heterocycles. The van der Waals surface area contributed by atoms with Gasteiger partial charge in [0.05, 0.1) is 25.2 Å². The number of ether oxygens (including phenoxy) is 1. The summed E-state index contributed by atoms with van der Waals surface area (Å²) in [7, 11) is 0. The van der Waals surface area contributed by atoms with Crippen molar-refractivity contribution >= 4 is 11.9 Å². The van der Waals surface area contributed by atoms with E-state index in [-0.39, 0.29) is 5.91 Å². The quantitative estimate of drug-likeness (QED) is 0.780. The minimum atomic E-state index is -0.740. The van der Waals surface area contributed by atoms with E-state index in [2.05, 4.69) is 0 Å². The van der Waals surface area contributed by atoms with Crippen LogP contribution in [0, 0.1) is 5.41 Å². The van der Waals surface area contributed by atoms with Crippen LogP contribution in [0.1, 0.15) is 19.8 Å². The van der Waals surface area contributed by atoms with Gasteiger partial charge >= 0.3 is 5.97 Å². The molecule has 0 aromatic carbocycles. The zero-order chi connectivity index (χ0) is 13.9. The monoisotopic (exact) mass is 270 g/mol. The topological polar surface area (TPSA) is 70.1 Å². The highest BCUT2D eigenvalue weighted by Crippen LogP contribution is 2.33. The van der Waals surface area contributed by atoms with Gasteiger partial charge in [-0.3, -0.25) is 14.5 Å². The van der Waals surface area contributed by atoms with Crippen molar-refractivity contribution in [2.75, 3.05) is 45.9 Å². The van der Waals surface area contributed by atoms with Gasteiger partial charge in [0.25, 0.3) is 0 Å². The summed E-state index contributed by atoms with van der Waals surface area (Å²) in [5.41, 5.74) is -0.661. The van der Waals surface area contributed by atoms with E-state index in [1.54, 1.807) is 4.90 Å². The zero-order valence-corrected chi connectivity index (χ0v) is 11.4. The van der Waals surface area contributed by atoms with Crippen LogP contribution in [0.2, 0.25) is 0 Å². The molecule has 2 aliphatic rings. The number of nitrogens with zero attached hydrogens (tertiary/aromatic N) is 2. The average molecular weight is 270 g/mol. The average Bonchev–Trinajstić information content (AvgIpc) is 2.84. The number of carboxylic acid groups (broad SMARTS) is 1. The van der Waals surface area contributed by atoms with Gasteiger partial charge in [0.15, 0.2) is 0 Å². The number of hydrogen-bond donors (Lipinski definition) is 1. The van der Waals surface area contributed by atoms with Crippen molar-refractivity contribution in [3.63, 3.8) is 0 Å². The molecule has 1 unspecified atom stereocenters. The lowest BCUT2D eigenvalue weighted by atomic mass is 9.84. The summed E-state index contributed by atoms with van der Waals surface area (Å²) in [5, 5.41) is 9.33. The molecule has 0 aromatic heterocycles. The summed E-state index contributed by atoms with van der Waals surface area (Å²) >= 11 is 0. The fourth-order valence-electron chi connectivity index (χ4n) is 2.81. The first-order chi connectivity index (χ1) is 9.07. The van der Waals surface area contributed by atoms with E-state index in [0.717, 1.165) is 0 Å². The van der Waals surface area contributed by atoms with Crippen LogP contribution < -0.4 is 0 Å². The number of aliphatic carboxylic acids is 1. The Bertz CT molecular complexity index is 355. The van der Waals surface area contributed by atoms with Gasteiger partial charge in [-0.15, -0.1) is 0 Å². The van der Waals surface area contributed by atoms with Crippen molar-refractivity contribution < 1.29 is 19.4 Å². The van der Waals surface area contributed by atoms with E-state index in [0.29, 0.717) is 58.8 Å². The first-order valence-electron chi connectivity index (χ1n) is 6.89. The van der Waals surface area contributed by atoms with Crippen LogP contribution in [-0.4, -0.2) is 72.7 Å². The van der Waals surface area contributed by atoms with Crippen LogP contribution in [0.25, 0.3) is 0 Å². The van der Waals surface area contributed by atoms with Crippen LogP contribution in [-0.2, 0) is 14.3 Å². The van der Waals surface area contributed by atoms with Gasteiger partial charge in [-0.05, 0) is 19.4 Å². The van der Waals surface area contributed by atoms with E-state index >= 15 is 0 Å². The maximum atomic E-state index is 12.1. The molecule has 2 fully saturated rings. The van der Waals surface area contributed by atoms with E-state index in [1.165, 1.54) is 0 Å². The largest absolute Gasteiger partial charge is 0.481 e. The smallest absolute Gasteiger partial charge is 0.310 e. The lowest BCUT2D eigenvalue weighted by Gasteiger charge is -2.29. The van der Waals surface area contributed by atoms with Crippen LogP contribution in [0.15, 0.2) is 0 Å². The highest BCUT2D eigenvalue weighted by Gasteiger charge is 2.43. The molecule has 108 valence electrons. The van der Waals surface area contributed by atoms with Crippen molar-refractivity contribution in [1.29, 1.82) is 0 Å². The molecule has 2 aliphatic heterocycles. The number of carbonyl (C=O) groups is 2. The summed E-state index contributed by atoms with van der Waals surface area (Å²) in [6.07, 6.45) is 1.25. The van der Waals surface area contributed by atoms with Crippen LogP contribution in [0.4, 0.5) is 0 Å². The second-order valence-electron chi connectivity index (χ2n) is 5.39. The van der Waals surface area contributed by atoms with Gasteiger partial charge in [-0.2, -0.15) is 0 Å². The Morgan fingerprint density at radius 3 is 2.47 bits per heavy atom. The highest BCUT2D eigenvalue weighted by atomic mass is 16.5. The summed E-state index contributed by atoms with van der Waals surface area (Å²) in [6, 6.07) is 0. The number of rotatable bonds is 4. The Balaban J connectivity index is 1.87. The number of carbonyl (C=O) groups excluding carboxylic acids is 1. The Morgan fingerprint density at radius 1 is 1.26 bits per heavy atom. The Hall–Kier alpha value is -1.14. The minimum absolute atomic E-state index is 0.0839. The normalized spacial score (nSPS) is 28.6. The van der Waals surface area contributed by atoms with Crippen LogP contribution >= 0.6 is 0 Å². The maximum absolute atomic E-state index is 12.1. The SMILES string of the molecule is CCC1(C(=O)O)CCN(CC(=O)N2CCOCC2)C1. The molecule has 1 amide bonds. The Labute approximate surface area is 113 Å². The summed E-state index contributed by atoms with van der Waals surface area (Å²) < 4.78 is 5.22. The second-order valence-corrected chi connectivity index (χ2v) is 5.39. The minimum Gasteiger partial charge on any atom is -0.481 e. The van der Waals surface area contributed by atoms with Crippen molar-refractivity contribution in [2.45, 2.75) is 19.8 Å². The van der Waals surface area contributed by atoms with Gasteiger partial charge in [0, 0.05) is 19.6 Å². The summed E-state index contributed by atoms with van der Waals surface area (Å²) in [6.45, 7) is 5.89. The fourth-order valence-corrected chi connectivity index (χ4v) is 2.81. The van der Waals surface area contributed by atoms with Gasteiger partial charge in [-0.25, -0.2) is 0 Å². The molecule has 0 radical (unpaired) electrons. The van der Waals surface area contributed by atoms with Gasteiger partial charge in [0.1, 0.15) is 0 Å². The van der Waals surface area contributed by atoms with Gasteiger partial charge in [-0.1, -0.05) is 6.92 Å². The van der Waals surface area contributed by atoms with E-state index in [1.807, 2.05) is 11.8 Å². The molecular weight excluding hydrogens is 248 g/mol. The maximum Gasteiger partial charge on any atom is 0.310 e. The number of morpholine rings is 1. The number of carboxylic acids is 1. The number of likely N-dealkylation sites (tertiary alicyclic amines) is 1. The predicted molar refractivity (Wildman–Crippen MR) is 68.8 cm³/mol. The molecular formula is C13H22N2O4. The lowest BCUT2D eigenvalue weighted by Crippen LogP contribution is -2.46. The molecule has 1 atom stereocenters. The molecule has 2 saturated heterocycles. The Morgan fingerprint density at radius 2 is 1.95 bits per heavy atom. The molecule has 0 aromatic rings. The van der Waals surface area contributed by atoms with Gasteiger partial charge in [0.2, 0.25) is 5.91 Å². The van der Waals surface area contributed by atoms with Crippen molar-refractivity contribution in [1.82, 2.24) is 9.80 Å². The summed E-state index contributed by atoms with van der Waals surface area (Å²) in [5.74, 6) is -0.656. The number of hydrogen-bond acceptors (Lipinski definition) is 4. The molecule has 0 aliphatic carbocycles. The van der Waals surface area contributed by atoms with Crippen molar-refractivity contribution in [3.05, 3.63) is 0 Å². The third-order valence-electron chi connectivity index (χ3n) is 4.29. The van der Waals surface area contributed by atoms with Crippen LogP contribution in [0.3, 0.4) is 0 Å². The molecule has 1 N–H and O–H groups in total. The zero-order valence-electron chi connectivity index (χ0n) is 11.4. The van der Waals surface area contributed by atoms with E-state index in [4.69, 9.17) is 4.74 Å². The molecule has 0 bridgehead atoms. The molecule has 19 heavy (non-hydrogen) atoms.